The molecule has 0 radical (unpaired) electrons. The lowest BCUT2D eigenvalue weighted by molar-refractivity contribution is -0.141. The van der Waals surface area contributed by atoms with Gasteiger partial charge in [-0.05, 0) is 41.0 Å². The molecule has 0 aliphatic rings. The number of rotatable bonds is 10. The number of aliphatic hydroxyl groups excluding tert-OH is 1. The van der Waals surface area contributed by atoms with E-state index in [0.29, 0.717) is 13.1 Å². The van der Waals surface area contributed by atoms with Gasteiger partial charge in [-0.2, -0.15) is 26.3 Å². The molecule has 3 aromatic carbocycles. The third-order valence-corrected chi connectivity index (χ3v) is 6.36. The van der Waals surface area contributed by atoms with Crippen LogP contribution in [0.4, 0.5) is 26.3 Å². The normalized spacial score (nSPS) is 13.0. The minimum atomic E-state index is -4.79. The van der Waals surface area contributed by atoms with Gasteiger partial charge in [-0.1, -0.05) is 72.8 Å². The van der Waals surface area contributed by atoms with Gasteiger partial charge < -0.3 is 15.7 Å². The number of nitrogens with one attached hydrogen (secondary N) is 2. The second-order valence-corrected chi connectivity index (χ2v) is 9.14. The van der Waals surface area contributed by atoms with Crippen molar-refractivity contribution in [1.29, 1.82) is 0 Å². The van der Waals surface area contributed by atoms with E-state index in [1.807, 2.05) is 60.7 Å². The first-order chi connectivity index (χ1) is 19.1. The van der Waals surface area contributed by atoms with Crippen molar-refractivity contribution in [2.24, 2.45) is 0 Å². The van der Waals surface area contributed by atoms with Crippen molar-refractivity contribution < 1.29 is 31.4 Å². The molecule has 0 amide bonds. The molecular weight excluding hydrogens is 532 g/mol. The number of aromatic nitrogens is 1. The Morgan fingerprint density at radius 1 is 0.650 bits per heavy atom. The number of benzene rings is 3. The van der Waals surface area contributed by atoms with E-state index in [0.717, 1.165) is 41.5 Å². The lowest BCUT2D eigenvalue weighted by atomic mass is 9.99. The Hall–Kier alpha value is -3.73. The quantitative estimate of drug-likeness (QED) is 0.148. The summed E-state index contributed by atoms with van der Waals surface area (Å²) in [6, 6.07) is 24.5. The molecule has 210 valence electrons. The second kappa shape index (κ2) is 12.6. The minimum Gasteiger partial charge on any atom is -0.394 e. The maximum Gasteiger partial charge on any atom is 0.433 e. The molecule has 0 aliphatic carbocycles. The molecule has 3 N–H and O–H groups in total. The number of hydrogen-bond acceptors (Lipinski definition) is 4. The molecule has 0 saturated carbocycles. The van der Waals surface area contributed by atoms with Crippen molar-refractivity contribution in [2.75, 3.05) is 19.7 Å². The van der Waals surface area contributed by atoms with Gasteiger partial charge in [0.15, 0.2) is 0 Å². The van der Waals surface area contributed by atoms with E-state index < -0.39 is 36.3 Å². The molecule has 4 rings (SSSR count). The van der Waals surface area contributed by atoms with Gasteiger partial charge in [0, 0.05) is 18.7 Å². The lowest BCUT2D eigenvalue weighted by Gasteiger charge is -2.22. The van der Waals surface area contributed by atoms with Gasteiger partial charge in [-0.15, -0.1) is 0 Å². The molecule has 0 fully saturated rings. The van der Waals surface area contributed by atoms with Crippen LogP contribution in [0.15, 0.2) is 97.1 Å². The zero-order valence-corrected chi connectivity index (χ0v) is 21.2. The zero-order valence-electron chi connectivity index (χ0n) is 21.2. The van der Waals surface area contributed by atoms with Crippen LogP contribution in [0.25, 0.3) is 11.3 Å². The summed E-state index contributed by atoms with van der Waals surface area (Å²) in [5.74, 6) is 0. The van der Waals surface area contributed by atoms with Crippen molar-refractivity contribution in [3.63, 3.8) is 0 Å². The number of nitrogens with zero attached hydrogens (tertiary/aromatic N) is 1. The van der Waals surface area contributed by atoms with Crippen LogP contribution in [-0.2, 0) is 12.4 Å². The summed E-state index contributed by atoms with van der Waals surface area (Å²) in [7, 11) is 0. The lowest BCUT2D eigenvalue weighted by Crippen LogP contribution is -2.34. The third kappa shape index (κ3) is 7.47. The monoisotopic (exact) mass is 559 g/mol. The Balaban J connectivity index is 1.52. The topological polar surface area (TPSA) is 57.2 Å². The van der Waals surface area contributed by atoms with Crippen molar-refractivity contribution >= 4 is 0 Å². The van der Waals surface area contributed by atoms with Crippen molar-refractivity contribution in [3.8, 4) is 11.3 Å². The zero-order chi connectivity index (χ0) is 28.8. The van der Waals surface area contributed by atoms with E-state index in [2.05, 4.69) is 15.6 Å². The average Bonchev–Trinajstić information content (AvgIpc) is 2.95. The maximum atomic E-state index is 13.7. The molecule has 40 heavy (non-hydrogen) atoms. The van der Waals surface area contributed by atoms with Crippen LogP contribution in [0.3, 0.4) is 0 Å². The number of hydrogen-bond donors (Lipinski definition) is 3. The summed E-state index contributed by atoms with van der Waals surface area (Å²) in [5, 5.41) is 16.5. The first-order valence-electron chi connectivity index (χ1n) is 12.5. The van der Waals surface area contributed by atoms with Crippen LogP contribution in [-0.4, -0.2) is 29.8 Å². The van der Waals surface area contributed by atoms with Crippen molar-refractivity contribution in [2.45, 2.75) is 24.4 Å². The second-order valence-electron chi connectivity index (χ2n) is 9.14. The van der Waals surface area contributed by atoms with Crippen LogP contribution < -0.4 is 10.6 Å². The fraction of sp³-hybridized carbons (Fsp3) is 0.233. The Kier molecular flexibility index (Phi) is 9.24. The highest BCUT2D eigenvalue weighted by molar-refractivity contribution is 5.61. The molecule has 4 aromatic rings. The number of aliphatic hydroxyl groups is 1. The van der Waals surface area contributed by atoms with E-state index in [1.54, 1.807) is 0 Å². The first kappa shape index (κ1) is 29.3. The Morgan fingerprint density at radius 2 is 1.20 bits per heavy atom. The summed E-state index contributed by atoms with van der Waals surface area (Å²) < 4.78 is 79.8. The summed E-state index contributed by atoms with van der Waals surface area (Å²) in [6.45, 7) is 0.225. The molecular formula is C30H27F6N3O. The van der Waals surface area contributed by atoms with E-state index in [9.17, 15) is 31.4 Å². The van der Waals surface area contributed by atoms with Crippen LogP contribution in [0.1, 0.15) is 40.0 Å². The van der Waals surface area contributed by atoms with Crippen LogP contribution in [0.2, 0.25) is 0 Å². The van der Waals surface area contributed by atoms with Crippen LogP contribution in [0.5, 0.6) is 0 Å². The molecule has 0 unspecified atom stereocenters. The van der Waals surface area contributed by atoms with Gasteiger partial charge in [-0.3, -0.25) is 0 Å². The molecule has 10 heteroatoms. The summed E-state index contributed by atoms with van der Waals surface area (Å²) in [4.78, 5) is 3.64. The summed E-state index contributed by atoms with van der Waals surface area (Å²) >= 11 is 0. The standard InChI is InChI=1S/C30H27F6N3O/c31-29(32,33)24-13-11-20(12-14-24)25-17-23(18-27(39-25)30(34,35)36)26(19-40)37-15-16-38-28(21-7-3-1-4-8-21)22-9-5-2-6-10-22/h1-14,17-18,26,28,37-38,40H,15-16,19H2/t26-/m0/s1. The highest BCUT2D eigenvalue weighted by Crippen LogP contribution is 2.34. The van der Waals surface area contributed by atoms with E-state index in [-0.39, 0.29) is 22.9 Å². The molecule has 4 nitrogen and oxygen atoms in total. The SMILES string of the molecule is OC[C@H](NCCNC(c1ccccc1)c1ccccc1)c1cc(-c2ccc(C(F)(F)F)cc2)nc(C(F)(F)F)c1. The molecule has 1 atom stereocenters. The van der Waals surface area contributed by atoms with Gasteiger partial charge in [0.1, 0.15) is 5.69 Å². The fourth-order valence-corrected chi connectivity index (χ4v) is 4.35. The van der Waals surface area contributed by atoms with Gasteiger partial charge in [0.25, 0.3) is 0 Å². The molecule has 0 spiro atoms. The highest BCUT2D eigenvalue weighted by atomic mass is 19.4. The van der Waals surface area contributed by atoms with Gasteiger partial charge >= 0.3 is 12.4 Å². The van der Waals surface area contributed by atoms with E-state index >= 15 is 0 Å². The molecule has 0 aliphatic heterocycles. The van der Waals surface area contributed by atoms with Gasteiger partial charge in [0.2, 0.25) is 0 Å². The van der Waals surface area contributed by atoms with Crippen LogP contribution in [0, 0.1) is 0 Å². The van der Waals surface area contributed by atoms with Crippen molar-refractivity contribution in [1.82, 2.24) is 15.6 Å². The predicted octanol–water partition coefficient (Wildman–Crippen LogP) is 6.79. The molecule has 0 bridgehead atoms. The largest absolute Gasteiger partial charge is 0.433 e. The number of pyridine rings is 1. The van der Waals surface area contributed by atoms with E-state index in [1.165, 1.54) is 6.07 Å². The van der Waals surface area contributed by atoms with Gasteiger partial charge in [-0.25, -0.2) is 4.98 Å². The van der Waals surface area contributed by atoms with Crippen molar-refractivity contribution in [3.05, 3.63) is 125 Å². The fourth-order valence-electron chi connectivity index (χ4n) is 4.35. The number of halogens is 6. The smallest absolute Gasteiger partial charge is 0.394 e. The Bertz CT molecular complexity index is 1320. The molecule has 1 aromatic heterocycles. The Morgan fingerprint density at radius 3 is 1.70 bits per heavy atom. The first-order valence-corrected chi connectivity index (χ1v) is 12.5. The summed E-state index contributed by atoms with van der Waals surface area (Å²) in [6.07, 6.45) is -9.37. The van der Waals surface area contributed by atoms with E-state index in [4.69, 9.17) is 0 Å². The predicted molar refractivity (Wildman–Crippen MR) is 140 cm³/mol. The third-order valence-electron chi connectivity index (χ3n) is 6.36. The van der Waals surface area contributed by atoms with Crippen LogP contribution >= 0.6 is 0 Å². The average molecular weight is 560 g/mol. The molecule has 0 saturated heterocycles. The summed E-state index contributed by atoms with van der Waals surface area (Å²) in [5.41, 5.74) is 0.0107. The number of alkyl halides is 6. The highest BCUT2D eigenvalue weighted by Gasteiger charge is 2.34. The van der Waals surface area contributed by atoms with Gasteiger partial charge in [0.05, 0.1) is 29.9 Å². The molecule has 1 heterocycles. The maximum absolute atomic E-state index is 13.7. The Labute approximate surface area is 227 Å². The minimum absolute atomic E-state index is 0.0901.